The second-order valence-corrected chi connectivity index (χ2v) is 4.99. The van der Waals surface area contributed by atoms with E-state index in [4.69, 9.17) is 11.6 Å². The molecule has 3 nitrogen and oxygen atoms in total. The van der Waals surface area contributed by atoms with Crippen molar-refractivity contribution >= 4 is 11.6 Å². The Morgan fingerprint density at radius 3 is 2.36 bits per heavy atom. The van der Waals surface area contributed by atoms with Crippen LogP contribution in [-0.4, -0.2) is 14.8 Å². The molecule has 0 spiro atoms. The Kier molecular flexibility index (Phi) is 3.20. The van der Waals surface area contributed by atoms with Gasteiger partial charge >= 0.3 is 0 Å². The maximum absolute atomic E-state index is 6.01. The van der Waals surface area contributed by atoms with Crippen LogP contribution >= 0.6 is 11.6 Å². The van der Waals surface area contributed by atoms with Gasteiger partial charge in [-0.3, -0.25) is 4.57 Å². The fraction of sp³-hybridized carbons (Fsp3) is 0.800. The standard InChI is InChI=1S/C10H18ClN3/c1-6-8-12-13-9(11)14(8)7(2)10(3,4)5/h7H,6H2,1-5H3. The van der Waals surface area contributed by atoms with Crippen molar-refractivity contribution in [1.29, 1.82) is 0 Å². The summed E-state index contributed by atoms with van der Waals surface area (Å²) in [6.45, 7) is 10.8. The van der Waals surface area contributed by atoms with E-state index in [0.717, 1.165) is 12.2 Å². The predicted octanol–water partition coefficient (Wildman–Crippen LogP) is 3.10. The summed E-state index contributed by atoms with van der Waals surface area (Å²) in [6, 6.07) is 0.306. The van der Waals surface area contributed by atoms with Crippen molar-refractivity contribution in [2.45, 2.75) is 47.1 Å². The van der Waals surface area contributed by atoms with Crippen LogP contribution in [0.25, 0.3) is 0 Å². The highest BCUT2D eigenvalue weighted by Crippen LogP contribution is 2.32. The Balaban J connectivity index is 3.11. The monoisotopic (exact) mass is 215 g/mol. The number of nitrogens with zero attached hydrogens (tertiary/aromatic N) is 3. The van der Waals surface area contributed by atoms with E-state index in [1.165, 1.54) is 0 Å². The van der Waals surface area contributed by atoms with Crippen LogP contribution in [-0.2, 0) is 6.42 Å². The second-order valence-electron chi connectivity index (χ2n) is 4.65. The van der Waals surface area contributed by atoms with E-state index in [9.17, 15) is 0 Å². The number of hydrogen-bond acceptors (Lipinski definition) is 2. The average Bonchev–Trinajstić information content (AvgIpc) is 2.43. The number of hydrogen-bond donors (Lipinski definition) is 0. The van der Waals surface area contributed by atoms with Crippen LogP contribution < -0.4 is 0 Å². The Labute approximate surface area is 90.5 Å². The first-order valence-electron chi connectivity index (χ1n) is 4.97. The van der Waals surface area contributed by atoms with Crippen molar-refractivity contribution < 1.29 is 0 Å². The first-order chi connectivity index (χ1) is 6.38. The normalized spacial score (nSPS) is 14.4. The lowest BCUT2D eigenvalue weighted by atomic mass is 9.88. The second kappa shape index (κ2) is 3.89. The minimum absolute atomic E-state index is 0.163. The Bertz CT molecular complexity index is 312. The third-order valence-corrected chi connectivity index (χ3v) is 2.94. The largest absolute Gasteiger partial charge is 0.298 e. The number of aryl methyl sites for hydroxylation is 1. The third-order valence-electron chi connectivity index (χ3n) is 2.68. The summed E-state index contributed by atoms with van der Waals surface area (Å²) in [5, 5.41) is 8.44. The van der Waals surface area contributed by atoms with Crippen molar-refractivity contribution in [1.82, 2.24) is 14.8 Å². The lowest BCUT2D eigenvalue weighted by Crippen LogP contribution is -2.23. The predicted molar refractivity (Wildman–Crippen MR) is 58.6 cm³/mol. The van der Waals surface area contributed by atoms with Gasteiger partial charge in [0.2, 0.25) is 5.28 Å². The van der Waals surface area contributed by atoms with Crippen LogP contribution in [0.4, 0.5) is 0 Å². The minimum atomic E-state index is 0.163. The molecule has 0 aliphatic heterocycles. The Hall–Kier alpha value is -0.570. The smallest absolute Gasteiger partial charge is 0.225 e. The molecule has 1 aromatic rings. The van der Waals surface area contributed by atoms with Crippen LogP contribution in [0, 0.1) is 5.41 Å². The summed E-state index contributed by atoms with van der Waals surface area (Å²) in [7, 11) is 0. The van der Waals surface area contributed by atoms with E-state index in [1.807, 2.05) is 4.57 Å². The van der Waals surface area contributed by atoms with Crippen molar-refractivity contribution in [3.63, 3.8) is 0 Å². The molecule has 0 aliphatic rings. The maximum Gasteiger partial charge on any atom is 0.225 e. The van der Waals surface area contributed by atoms with Gasteiger partial charge in [-0.05, 0) is 23.9 Å². The Morgan fingerprint density at radius 2 is 1.93 bits per heavy atom. The van der Waals surface area contributed by atoms with Gasteiger partial charge in [-0.15, -0.1) is 10.2 Å². The van der Waals surface area contributed by atoms with Gasteiger partial charge in [0.1, 0.15) is 5.82 Å². The van der Waals surface area contributed by atoms with Gasteiger partial charge in [-0.25, -0.2) is 0 Å². The molecule has 1 unspecified atom stereocenters. The molecule has 14 heavy (non-hydrogen) atoms. The Morgan fingerprint density at radius 1 is 1.36 bits per heavy atom. The van der Waals surface area contributed by atoms with Crippen molar-refractivity contribution in [3.8, 4) is 0 Å². The molecule has 0 radical (unpaired) electrons. The van der Waals surface area contributed by atoms with E-state index >= 15 is 0 Å². The van der Waals surface area contributed by atoms with Crippen LogP contribution in [0.3, 0.4) is 0 Å². The summed E-state index contributed by atoms with van der Waals surface area (Å²) in [6.07, 6.45) is 0.861. The zero-order valence-electron chi connectivity index (χ0n) is 9.50. The van der Waals surface area contributed by atoms with E-state index < -0.39 is 0 Å². The SMILES string of the molecule is CCc1nnc(Cl)n1C(C)C(C)(C)C. The zero-order valence-corrected chi connectivity index (χ0v) is 10.3. The summed E-state index contributed by atoms with van der Waals surface area (Å²) in [4.78, 5) is 0. The molecule has 0 aliphatic carbocycles. The highest BCUT2D eigenvalue weighted by molar-refractivity contribution is 6.28. The van der Waals surface area contributed by atoms with Crippen molar-refractivity contribution in [2.24, 2.45) is 5.41 Å². The summed E-state index contributed by atoms with van der Waals surface area (Å²) in [5.41, 5.74) is 0.163. The van der Waals surface area contributed by atoms with E-state index in [0.29, 0.717) is 11.3 Å². The van der Waals surface area contributed by atoms with Crippen LogP contribution in [0.15, 0.2) is 0 Å². The molecule has 0 aromatic carbocycles. The van der Waals surface area contributed by atoms with Gasteiger partial charge in [0.05, 0.1) is 0 Å². The topological polar surface area (TPSA) is 30.7 Å². The van der Waals surface area contributed by atoms with E-state index in [-0.39, 0.29) is 5.41 Å². The van der Waals surface area contributed by atoms with E-state index in [1.54, 1.807) is 0 Å². The number of rotatable bonds is 2. The molecule has 1 heterocycles. The highest BCUT2D eigenvalue weighted by atomic mass is 35.5. The van der Waals surface area contributed by atoms with Gasteiger partial charge in [0.15, 0.2) is 0 Å². The van der Waals surface area contributed by atoms with E-state index in [2.05, 4.69) is 44.8 Å². The fourth-order valence-corrected chi connectivity index (χ4v) is 1.60. The third kappa shape index (κ3) is 2.08. The highest BCUT2D eigenvalue weighted by Gasteiger charge is 2.25. The van der Waals surface area contributed by atoms with Crippen LogP contribution in [0.5, 0.6) is 0 Å². The minimum Gasteiger partial charge on any atom is -0.298 e. The molecule has 1 aromatic heterocycles. The van der Waals surface area contributed by atoms with Crippen LogP contribution in [0.2, 0.25) is 5.28 Å². The maximum atomic E-state index is 6.01. The summed E-state index contributed by atoms with van der Waals surface area (Å²) < 4.78 is 2.02. The van der Waals surface area contributed by atoms with Gasteiger partial charge in [0.25, 0.3) is 0 Å². The quantitative estimate of drug-likeness (QED) is 0.759. The molecule has 1 rings (SSSR count). The first-order valence-corrected chi connectivity index (χ1v) is 5.35. The summed E-state index contributed by atoms with van der Waals surface area (Å²) in [5.74, 6) is 0.956. The van der Waals surface area contributed by atoms with Gasteiger partial charge < -0.3 is 0 Å². The number of aromatic nitrogens is 3. The van der Waals surface area contributed by atoms with Gasteiger partial charge in [0, 0.05) is 12.5 Å². The molecule has 0 saturated heterocycles. The first kappa shape index (κ1) is 11.5. The molecule has 80 valence electrons. The average molecular weight is 216 g/mol. The molecule has 4 heteroatoms. The molecular formula is C10H18ClN3. The molecule has 0 bridgehead atoms. The molecule has 1 atom stereocenters. The molecular weight excluding hydrogens is 198 g/mol. The number of halogens is 1. The molecule has 0 amide bonds. The van der Waals surface area contributed by atoms with Crippen molar-refractivity contribution in [3.05, 3.63) is 11.1 Å². The van der Waals surface area contributed by atoms with Gasteiger partial charge in [-0.2, -0.15) is 0 Å². The van der Waals surface area contributed by atoms with Crippen molar-refractivity contribution in [2.75, 3.05) is 0 Å². The molecule has 0 N–H and O–H groups in total. The lowest BCUT2D eigenvalue weighted by Gasteiger charge is -2.29. The fourth-order valence-electron chi connectivity index (χ4n) is 1.31. The zero-order chi connectivity index (χ0) is 10.9. The van der Waals surface area contributed by atoms with Gasteiger partial charge in [-0.1, -0.05) is 27.7 Å². The molecule has 0 saturated carbocycles. The summed E-state index contributed by atoms with van der Waals surface area (Å²) >= 11 is 6.01. The molecule has 0 fully saturated rings. The lowest BCUT2D eigenvalue weighted by molar-refractivity contribution is 0.257. The van der Waals surface area contributed by atoms with Crippen LogP contribution in [0.1, 0.15) is 46.5 Å².